The van der Waals surface area contributed by atoms with Gasteiger partial charge in [0.25, 0.3) is 5.91 Å². The minimum atomic E-state index is -0.818. The molecule has 27 heavy (non-hydrogen) atoms. The SMILES string of the molecule is CCC(CC(=O)O)c1cccc(CNC(=O)c2cccc(N=C(N)N)c2)c1. The number of nitrogens with zero attached hydrogens (tertiary/aromatic N) is 1. The molecule has 0 aliphatic heterocycles. The second-order valence-corrected chi connectivity index (χ2v) is 6.22. The molecule has 0 aromatic heterocycles. The Morgan fingerprint density at radius 1 is 1.15 bits per heavy atom. The zero-order valence-corrected chi connectivity index (χ0v) is 15.2. The van der Waals surface area contributed by atoms with E-state index in [4.69, 9.17) is 16.6 Å². The lowest BCUT2D eigenvalue weighted by Gasteiger charge is -2.14. The molecule has 0 saturated heterocycles. The minimum Gasteiger partial charge on any atom is -0.481 e. The maximum Gasteiger partial charge on any atom is 0.303 e. The zero-order chi connectivity index (χ0) is 19.8. The lowest BCUT2D eigenvalue weighted by Crippen LogP contribution is -2.23. The van der Waals surface area contributed by atoms with Crippen LogP contribution in [0.2, 0.25) is 0 Å². The summed E-state index contributed by atoms with van der Waals surface area (Å²) in [4.78, 5) is 27.3. The highest BCUT2D eigenvalue weighted by molar-refractivity contribution is 5.95. The van der Waals surface area contributed by atoms with Gasteiger partial charge in [0.15, 0.2) is 5.96 Å². The molecule has 1 unspecified atom stereocenters. The second kappa shape index (κ2) is 9.38. The average molecular weight is 368 g/mol. The summed E-state index contributed by atoms with van der Waals surface area (Å²) in [5.74, 6) is -1.18. The Kier molecular flexibility index (Phi) is 6.93. The van der Waals surface area contributed by atoms with Gasteiger partial charge in [0.2, 0.25) is 0 Å². The average Bonchev–Trinajstić information content (AvgIpc) is 2.64. The van der Waals surface area contributed by atoms with Crippen LogP contribution in [0.25, 0.3) is 0 Å². The smallest absolute Gasteiger partial charge is 0.303 e. The molecular weight excluding hydrogens is 344 g/mol. The number of hydrogen-bond acceptors (Lipinski definition) is 3. The largest absolute Gasteiger partial charge is 0.481 e. The highest BCUT2D eigenvalue weighted by Crippen LogP contribution is 2.24. The molecule has 1 amide bonds. The number of rotatable bonds is 8. The molecule has 2 rings (SSSR count). The summed E-state index contributed by atoms with van der Waals surface area (Å²) in [5.41, 5.74) is 13.5. The van der Waals surface area contributed by atoms with E-state index in [1.807, 2.05) is 31.2 Å². The van der Waals surface area contributed by atoms with Crippen LogP contribution >= 0.6 is 0 Å². The topological polar surface area (TPSA) is 131 Å². The Labute approximate surface area is 158 Å². The van der Waals surface area contributed by atoms with Gasteiger partial charge in [0.05, 0.1) is 12.1 Å². The number of benzene rings is 2. The van der Waals surface area contributed by atoms with Gasteiger partial charge in [-0.15, -0.1) is 0 Å². The van der Waals surface area contributed by atoms with E-state index in [1.54, 1.807) is 24.3 Å². The summed E-state index contributed by atoms with van der Waals surface area (Å²) < 4.78 is 0. The van der Waals surface area contributed by atoms with Crippen LogP contribution in [0.15, 0.2) is 53.5 Å². The van der Waals surface area contributed by atoms with Crippen molar-refractivity contribution in [1.82, 2.24) is 5.32 Å². The molecule has 7 heteroatoms. The lowest BCUT2D eigenvalue weighted by molar-refractivity contribution is -0.137. The summed E-state index contributed by atoms with van der Waals surface area (Å²) in [6.45, 7) is 2.30. The van der Waals surface area contributed by atoms with Gasteiger partial charge >= 0.3 is 5.97 Å². The predicted molar refractivity (Wildman–Crippen MR) is 105 cm³/mol. The monoisotopic (exact) mass is 368 g/mol. The van der Waals surface area contributed by atoms with Crippen molar-refractivity contribution in [1.29, 1.82) is 0 Å². The first kappa shape index (κ1) is 20.0. The maximum atomic E-state index is 12.4. The first-order valence-corrected chi connectivity index (χ1v) is 8.67. The van der Waals surface area contributed by atoms with Crippen molar-refractivity contribution in [3.05, 3.63) is 65.2 Å². The molecule has 2 aromatic rings. The Bertz CT molecular complexity index is 845. The number of nitrogens with two attached hydrogens (primary N) is 2. The van der Waals surface area contributed by atoms with Gasteiger partial charge in [0, 0.05) is 12.1 Å². The molecule has 0 spiro atoms. The molecular formula is C20H24N4O3. The predicted octanol–water partition coefficient (Wildman–Crippen LogP) is 2.49. The van der Waals surface area contributed by atoms with Crippen molar-refractivity contribution >= 4 is 23.5 Å². The number of amides is 1. The summed E-state index contributed by atoms with van der Waals surface area (Å²) in [7, 11) is 0. The number of nitrogens with one attached hydrogen (secondary N) is 1. The molecule has 0 saturated carbocycles. The summed E-state index contributed by atoms with van der Waals surface area (Å²) in [5, 5.41) is 11.9. The van der Waals surface area contributed by atoms with Crippen LogP contribution in [0.1, 0.15) is 47.2 Å². The summed E-state index contributed by atoms with van der Waals surface area (Å²) in [6.07, 6.45) is 0.823. The molecule has 0 aliphatic rings. The van der Waals surface area contributed by atoms with Gasteiger partial charge in [-0.25, -0.2) is 4.99 Å². The molecule has 142 valence electrons. The normalized spacial score (nSPS) is 11.4. The van der Waals surface area contributed by atoms with Gasteiger partial charge in [-0.2, -0.15) is 0 Å². The van der Waals surface area contributed by atoms with Crippen molar-refractivity contribution in [2.24, 2.45) is 16.5 Å². The van der Waals surface area contributed by atoms with E-state index in [0.717, 1.165) is 17.5 Å². The van der Waals surface area contributed by atoms with Crippen LogP contribution in [-0.2, 0) is 11.3 Å². The molecule has 6 N–H and O–H groups in total. The number of aliphatic imine (C=N–C) groups is 1. The standard InChI is InChI=1S/C20H24N4O3/c1-2-14(11-18(25)26)15-6-3-5-13(9-15)12-23-19(27)16-7-4-8-17(10-16)24-20(21)22/h3-10,14H,2,11-12H2,1H3,(H,23,27)(H,25,26)(H4,21,22,24). The third kappa shape index (κ3) is 6.14. The number of hydrogen-bond donors (Lipinski definition) is 4. The Morgan fingerprint density at radius 3 is 2.56 bits per heavy atom. The zero-order valence-electron chi connectivity index (χ0n) is 15.2. The third-order valence-corrected chi connectivity index (χ3v) is 4.16. The van der Waals surface area contributed by atoms with E-state index < -0.39 is 5.97 Å². The highest BCUT2D eigenvalue weighted by Gasteiger charge is 2.14. The van der Waals surface area contributed by atoms with Crippen molar-refractivity contribution in [3.8, 4) is 0 Å². The number of carbonyl (C=O) groups is 2. The van der Waals surface area contributed by atoms with E-state index in [9.17, 15) is 9.59 Å². The fourth-order valence-corrected chi connectivity index (χ4v) is 2.82. The van der Waals surface area contributed by atoms with E-state index in [1.165, 1.54) is 0 Å². The van der Waals surface area contributed by atoms with Gasteiger partial charge in [-0.3, -0.25) is 9.59 Å². The maximum absolute atomic E-state index is 12.4. The molecule has 0 heterocycles. The quantitative estimate of drug-likeness (QED) is 0.420. The van der Waals surface area contributed by atoms with Gasteiger partial charge in [0.1, 0.15) is 0 Å². The molecule has 2 aromatic carbocycles. The summed E-state index contributed by atoms with van der Waals surface area (Å²) in [6, 6.07) is 14.3. The van der Waals surface area contributed by atoms with Crippen molar-refractivity contribution < 1.29 is 14.7 Å². The van der Waals surface area contributed by atoms with Gasteiger partial charge in [-0.05, 0) is 41.7 Å². The van der Waals surface area contributed by atoms with Crippen LogP contribution in [0.4, 0.5) is 5.69 Å². The molecule has 7 nitrogen and oxygen atoms in total. The van der Waals surface area contributed by atoms with Crippen molar-refractivity contribution in [2.75, 3.05) is 0 Å². The molecule has 0 bridgehead atoms. The van der Waals surface area contributed by atoms with E-state index in [-0.39, 0.29) is 24.2 Å². The first-order valence-electron chi connectivity index (χ1n) is 8.67. The number of carbonyl (C=O) groups excluding carboxylic acids is 1. The lowest BCUT2D eigenvalue weighted by atomic mass is 9.92. The first-order chi connectivity index (χ1) is 12.9. The minimum absolute atomic E-state index is 0.0468. The van der Waals surface area contributed by atoms with Crippen LogP contribution in [0.5, 0.6) is 0 Å². The second-order valence-electron chi connectivity index (χ2n) is 6.22. The Morgan fingerprint density at radius 2 is 1.89 bits per heavy atom. The number of carboxylic acids is 1. The molecule has 0 aliphatic carbocycles. The van der Waals surface area contributed by atoms with Gasteiger partial charge < -0.3 is 21.9 Å². The number of carboxylic acid groups (broad SMARTS) is 1. The van der Waals surface area contributed by atoms with Crippen molar-refractivity contribution in [2.45, 2.75) is 32.2 Å². The van der Waals surface area contributed by atoms with Crippen LogP contribution in [0, 0.1) is 0 Å². The van der Waals surface area contributed by atoms with Crippen molar-refractivity contribution in [3.63, 3.8) is 0 Å². The number of aliphatic carboxylic acids is 1. The molecule has 0 radical (unpaired) electrons. The number of guanidine groups is 1. The fourth-order valence-electron chi connectivity index (χ4n) is 2.82. The summed E-state index contributed by atoms with van der Waals surface area (Å²) >= 11 is 0. The van der Waals surface area contributed by atoms with E-state index in [0.29, 0.717) is 17.8 Å². The Hall–Kier alpha value is -3.35. The van der Waals surface area contributed by atoms with Crippen LogP contribution in [0.3, 0.4) is 0 Å². The van der Waals surface area contributed by atoms with Crippen LogP contribution in [-0.4, -0.2) is 22.9 Å². The van der Waals surface area contributed by atoms with Gasteiger partial charge in [-0.1, -0.05) is 37.3 Å². The molecule has 1 atom stereocenters. The fraction of sp³-hybridized carbons (Fsp3) is 0.250. The Balaban J connectivity index is 2.06. The van der Waals surface area contributed by atoms with E-state index >= 15 is 0 Å². The highest BCUT2D eigenvalue weighted by atomic mass is 16.4. The van der Waals surface area contributed by atoms with E-state index in [2.05, 4.69) is 10.3 Å². The molecule has 0 fully saturated rings. The third-order valence-electron chi connectivity index (χ3n) is 4.16. The van der Waals surface area contributed by atoms with Crippen LogP contribution < -0.4 is 16.8 Å².